The molecule has 1 aromatic carbocycles. The molecule has 0 aromatic heterocycles. The Morgan fingerprint density at radius 1 is 1.07 bits per heavy atom. The second-order valence-electron chi connectivity index (χ2n) is 6.45. The maximum absolute atomic E-state index is 11.5. The van der Waals surface area contributed by atoms with Crippen LogP contribution in [0.5, 0.6) is 0 Å². The minimum Gasteiger partial charge on any atom is -0.492 e. The summed E-state index contributed by atoms with van der Waals surface area (Å²) in [5.74, 6) is -1.48. The first-order valence-electron chi connectivity index (χ1n) is 9.92. The van der Waals surface area contributed by atoms with Gasteiger partial charge >= 0.3 is 11.9 Å². The molecular weight excluding hydrogens is 392 g/mol. The quantitative estimate of drug-likeness (QED) is 0.265. The molecule has 170 valence electrons. The summed E-state index contributed by atoms with van der Waals surface area (Å²) in [6, 6.07) is 8.93. The number of benzene rings is 1. The van der Waals surface area contributed by atoms with E-state index in [0.29, 0.717) is 5.56 Å². The van der Waals surface area contributed by atoms with Gasteiger partial charge < -0.3 is 29.5 Å². The highest BCUT2D eigenvalue weighted by atomic mass is 16.5. The molecule has 8 nitrogen and oxygen atoms in total. The van der Waals surface area contributed by atoms with E-state index in [9.17, 15) is 9.59 Å². The Balaban J connectivity index is 0.000000561. The van der Waals surface area contributed by atoms with E-state index >= 15 is 0 Å². The predicted molar refractivity (Wildman–Crippen MR) is 112 cm³/mol. The Hall–Kier alpha value is -2.58. The van der Waals surface area contributed by atoms with Crippen LogP contribution in [0.25, 0.3) is 5.76 Å². The van der Waals surface area contributed by atoms with Crippen molar-refractivity contribution < 1.29 is 39.1 Å². The summed E-state index contributed by atoms with van der Waals surface area (Å²) in [5.41, 5.74) is 0.666. The summed E-state index contributed by atoms with van der Waals surface area (Å²) < 4.78 is 14.7. The molecule has 0 fully saturated rings. The fraction of sp³-hybridized carbons (Fsp3) is 0.545. The summed E-state index contributed by atoms with van der Waals surface area (Å²) in [7, 11) is 2.70. The van der Waals surface area contributed by atoms with Crippen molar-refractivity contribution in [1.82, 2.24) is 0 Å². The number of carbonyl (C=O) groups is 2. The number of ether oxygens (including phenoxy) is 3. The highest BCUT2D eigenvalue weighted by molar-refractivity contribution is 5.92. The van der Waals surface area contributed by atoms with Crippen molar-refractivity contribution in [2.24, 2.45) is 5.92 Å². The number of hydrogen-bond acceptors (Lipinski definition) is 7. The Kier molecular flexibility index (Phi) is 14.8. The molecule has 30 heavy (non-hydrogen) atoms. The number of aliphatic hydroxyl groups is 2. The minimum absolute atomic E-state index is 0.0733. The van der Waals surface area contributed by atoms with Gasteiger partial charge in [-0.05, 0) is 12.8 Å². The number of carbonyl (C=O) groups excluding carboxylic acids is 1. The van der Waals surface area contributed by atoms with Crippen LogP contribution < -0.4 is 0 Å². The average Bonchev–Trinajstić information content (AvgIpc) is 2.76. The van der Waals surface area contributed by atoms with Crippen LogP contribution in [0.4, 0.5) is 0 Å². The van der Waals surface area contributed by atoms with Crippen LogP contribution in [0.3, 0.4) is 0 Å². The lowest BCUT2D eigenvalue weighted by Crippen LogP contribution is -2.25. The van der Waals surface area contributed by atoms with Crippen molar-refractivity contribution >= 4 is 17.7 Å². The maximum Gasteiger partial charge on any atom is 0.375 e. The van der Waals surface area contributed by atoms with Gasteiger partial charge in [-0.15, -0.1) is 0 Å². The van der Waals surface area contributed by atoms with Gasteiger partial charge in [0.2, 0.25) is 5.76 Å². The van der Waals surface area contributed by atoms with Crippen LogP contribution in [0, 0.1) is 5.92 Å². The number of hydrogen-bond donors (Lipinski definition) is 3. The van der Waals surface area contributed by atoms with Gasteiger partial charge in [0.05, 0.1) is 26.7 Å². The third kappa shape index (κ3) is 10.3. The molecule has 1 aromatic rings. The molecule has 0 radical (unpaired) electrons. The largest absolute Gasteiger partial charge is 0.492 e. The van der Waals surface area contributed by atoms with Crippen molar-refractivity contribution in [2.75, 3.05) is 27.4 Å². The van der Waals surface area contributed by atoms with Crippen LogP contribution in [0.15, 0.2) is 36.1 Å². The second kappa shape index (κ2) is 16.2. The van der Waals surface area contributed by atoms with Crippen molar-refractivity contribution in [1.29, 1.82) is 0 Å². The number of aliphatic carboxylic acids is 1. The predicted octanol–water partition coefficient (Wildman–Crippen LogP) is 2.83. The molecule has 0 aliphatic heterocycles. The first kappa shape index (κ1) is 27.4. The lowest BCUT2D eigenvalue weighted by atomic mass is 10.00. The second-order valence-corrected chi connectivity index (χ2v) is 6.45. The molecule has 3 N–H and O–H groups in total. The van der Waals surface area contributed by atoms with Gasteiger partial charge in [0, 0.05) is 5.56 Å². The Morgan fingerprint density at radius 2 is 1.70 bits per heavy atom. The molecule has 0 saturated heterocycles. The fourth-order valence-electron chi connectivity index (χ4n) is 2.50. The Bertz CT molecular complexity index is 642. The molecule has 0 amide bonds. The molecular formula is C22H34O8. The molecule has 0 bridgehead atoms. The first-order valence-corrected chi connectivity index (χ1v) is 9.92. The molecule has 2 unspecified atom stereocenters. The summed E-state index contributed by atoms with van der Waals surface area (Å²) in [6.07, 6.45) is 2.70. The van der Waals surface area contributed by atoms with E-state index in [1.54, 1.807) is 24.3 Å². The van der Waals surface area contributed by atoms with E-state index in [2.05, 4.69) is 6.92 Å². The van der Waals surface area contributed by atoms with Gasteiger partial charge in [-0.2, -0.15) is 0 Å². The third-order valence-electron chi connectivity index (χ3n) is 4.21. The van der Waals surface area contributed by atoms with Gasteiger partial charge in [0.1, 0.15) is 12.7 Å². The summed E-state index contributed by atoms with van der Waals surface area (Å²) in [6.45, 7) is 3.54. The van der Waals surface area contributed by atoms with Crippen LogP contribution in [-0.2, 0) is 23.8 Å². The number of methoxy groups -OCH3 is 2. The van der Waals surface area contributed by atoms with E-state index in [1.807, 2.05) is 13.0 Å². The lowest BCUT2D eigenvalue weighted by Gasteiger charge is -2.15. The van der Waals surface area contributed by atoms with Crippen molar-refractivity contribution in [2.45, 2.75) is 45.6 Å². The van der Waals surface area contributed by atoms with Gasteiger partial charge in [-0.25, -0.2) is 4.79 Å². The summed E-state index contributed by atoms with van der Waals surface area (Å²) in [4.78, 5) is 22.3. The van der Waals surface area contributed by atoms with Crippen LogP contribution >= 0.6 is 0 Å². The zero-order valence-electron chi connectivity index (χ0n) is 18.2. The lowest BCUT2D eigenvalue weighted by molar-refractivity contribution is -0.152. The highest BCUT2D eigenvalue weighted by Gasteiger charge is 2.18. The zero-order valence-corrected chi connectivity index (χ0v) is 18.2. The van der Waals surface area contributed by atoms with Crippen molar-refractivity contribution in [3.63, 3.8) is 0 Å². The normalized spacial score (nSPS) is 13.1. The molecule has 0 aliphatic carbocycles. The van der Waals surface area contributed by atoms with Gasteiger partial charge in [0.25, 0.3) is 0 Å². The number of unbranched alkanes of at least 4 members (excludes halogenated alkanes) is 1. The maximum atomic E-state index is 11.5. The van der Waals surface area contributed by atoms with Gasteiger partial charge in [-0.3, -0.25) is 4.79 Å². The van der Waals surface area contributed by atoms with Crippen molar-refractivity contribution in [3.05, 3.63) is 41.7 Å². The standard InChI is InChI=1S/C11H12O4.C11H22O4/c1-14-9(10(15-2)11(12)13)8-6-4-3-5-7-8;1-3-5-6-9(4-2)11(14)15-8-10(13)7-12/h3-7H,1-2H3,(H,12,13);9-10,12-13H,3-8H2,1-2H3/b10-9+;. The number of carboxylic acids is 1. The molecule has 0 spiro atoms. The first-order chi connectivity index (χ1) is 14.4. The summed E-state index contributed by atoms with van der Waals surface area (Å²) >= 11 is 0. The van der Waals surface area contributed by atoms with Crippen LogP contribution in [0.1, 0.15) is 45.1 Å². The molecule has 8 heteroatoms. The van der Waals surface area contributed by atoms with E-state index < -0.39 is 12.1 Å². The topological polar surface area (TPSA) is 123 Å². The van der Waals surface area contributed by atoms with E-state index in [1.165, 1.54) is 14.2 Å². The number of rotatable bonds is 12. The fourth-order valence-corrected chi connectivity index (χ4v) is 2.50. The number of aliphatic hydroxyl groups excluding tert-OH is 2. The van der Waals surface area contributed by atoms with E-state index in [4.69, 9.17) is 29.5 Å². The number of esters is 1. The summed E-state index contributed by atoms with van der Waals surface area (Å²) in [5, 5.41) is 26.4. The van der Waals surface area contributed by atoms with Gasteiger partial charge in [0.15, 0.2) is 5.76 Å². The minimum atomic E-state index is -1.15. The molecule has 0 heterocycles. The Morgan fingerprint density at radius 3 is 2.13 bits per heavy atom. The SMILES string of the molecule is CCCCC(CC)C(=O)OCC(O)CO.CO/C(C(=O)O)=C(/OC)c1ccccc1. The van der Waals surface area contributed by atoms with Crippen LogP contribution in [0.2, 0.25) is 0 Å². The van der Waals surface area contributed by atoms with Gasteiger partial charge in [-0.1, -0.05) is 57.0 Å². The molecule has 2 atom stereocenters. The molecule has 0 saturated carbocycles. The van der Waals surface area contributed by atoms with Crippen molar-refractivity contribution in [3.8, 4) is 0 Å². The van der Waals surface area contributed by atoms with E-state index in [0.717, 1.165) is 25.7 Å². The van der Waals surface area contributed by atoms with Crippen LogP contribution in [-0.4, -0.2) is 60.8 Å². The third-order valence-corrected chi connectivity index (χ3v) is 4.21. The molecule has 0 aliphatic rings. The van der Waals surface area contributed by atoms with E-state index in [-0.39, 0.29) is 36.6 Å². The number of carboxylic acid groups (broad SMARTS) is 1. The zero-order chi connectivity index (χ0) is 22.9. The molecule has 1 rings (SSSR count). The highest BCUT2D eigenvalue weighted by Crippen LogP contribution is 2.19. The Labute approximate surface area is 178 Å². The smallest absolute Gasteiger partial charge is 0.375 e. The average molecular weight is 427 g/mol. The monoisotopic (exact) mass is 426 g/mol.